The molecule has 2 aromatic carbocycles. The monoisotopic (exact) mass is 411 g/mol. The summed E-state index contributed by atoms with van der Waals surface area (Å²) in [6, 6.07) is 12.7. The van der Waals surface area contributed by atoms with E-state index in [1.165, 1.54) is 0 Å². The summed E-state index contributed by atoms with van der Waals surface area (Å²) in [5, 5.41) is 11.1. The van der Waals surface area contributed by atoms with Gasteiger partial charge in [-0.1, -0.05) is 35.9 Å². The smallest absolute Gasteiger partial charge is 0.387 e. The number of alkyl halides is 3. The first kappa shape index (κ1) is 21.2. The van der Waals surface area contributed by atoms with E-state index >= 15 is 0 Å². The van der Waals surface area contributed by atoms with Crippen molar-refractivity contribution in [2.45, 2.75) is 38.0 Å². The molecular weight excluding hydrogens is 387 g/mol. The highest BCUT2D eigenvalue weighted by Crippen LogP contribution is 2.30. The van der Waals surface area contributed by atoms with Gasteiger partial charge in [0.15, 0.2) is 0 Å². The molecule has 3 rings (SSSR count). The first-order valence-corrected chi connectivity index (χ1v) is 10.0. The van der Waals surface area contributed by atoms with Crippen molar-refractivity contribution in [2.24, 2.45) is 5.92 Å². The minimum atomic E-state index is -4.28. The fourth-order valence-electron chi connectivity index (χ4n) is 3.82. The highest BCUT2D eigenvalue weighted by molar-refractivity contribution is 6.30. The fourth-order valence-corrected chi connectivity index (χ4v) is 3.94. The van der Waals surface area contributed by atoms with Crippen LogP contribution in [0.15, 0.2) is 48.5 Å². The second-order valence-electron chi connectivity index (χ2n) is 7.57. The van der Waals surface area contributed by atoms with Gasteiger partial charge in [0.25, 0.3) is 0 Å². The topological polar surface area (TPSA) is 23.5 Å². The van der Waals surface area contributed by atoms with E-state index in [9.17, 15) is 18.3 Å². The van der Waals surface area contributed by atoms with Crippen LogP contribution in [-0.2, 0) is 12.6 Å². The third-order valence-electron chi connectivity index (χ3n) is 5.41. The van der Waals surface area contributed by atoms with Crippen molar-refractivity contribution in [3.05, 3.63) is 70.2 Å². The number of halogens is 4. The van der Waals surface area contributed by atoms with Crippen molar-refractivity contribution in [2.75, 3.05) is 19.6 Å². The maximum atomic E-state index is 12.7. The molecule has 0 radical (unpaired) electrons. The van der Waals surface area contributed by atoms with E-state index in [-0.39, 0.29) is 0 Å². The summed E-state index contributed by atoms with van der Waals surface area (Å²) >= 11 is 5.90. The number of aryl methyl sites for hydroxylation is 1. The lowest BCUT2D eigenvalue weighted by molar-refractivity contribution is -0.137. The molecule has 0 bridgehead atoms. The summed E-state index contributed by atoms with van der Waals surface area (Å²) < 4.78 is 38.0. The molecule has 1 aliphatic rings. The van der Waals surface area contributed by atoms with Gasteiger partial charge in [-0.05, 0) is 73.5 Å². The van der Waals surface area contributed by atoms with E-state index in [0.29, 0.717) is 17.5 Å². The molecule has 28 heavy (non-hydrogen) atoms. The third-order valence-corrected chi connectivity index (χ3v) is 5.66. The Morgan fingerprint density at radius 2 is 1.75 bits per heavy atom. The molecule has 1 heterocycles. The molecule has 1 aliphatic heterocycles. The third kappa shape index (κ3) is 5.97. The van der Waals surface area contributed by atoms with Crippen molar-refractivity contribution in [3.63, 3.8) is 0 Å². The molecule has 1 N–H and O–H groups in total. The second-order valence-corrected chi connectivity index (χ2v) is 8.00. The van der Waals surface area contributed by atoms with E-state index in [1.54, 1.807) is 24.3 Å². The number of hydrogen-bond acceptors (Lipinski definition) is 2. The number of nitrogens with zero attached hydrogens (tertiary/aromatic N) is 1. The number of aliphatic hydroxyl groups is 1. The Bertz CT molecular complexity index is 746. The van der Waals surface area contributed by atoms with E-state index in [2.05, 4.69) is 4.90 Å². The highest BCUT2D eigenvalue weighted by Gasteiger charge is 2.30. The molecule has 0 aliphatic carbocycles. The lowest BCUT2D eigenvalue weighted by atomic mass is 9.91. The quantitative estimate of drug-likeness (QED) is 0.655. The van der Waals surface area contributed by atoms with E-state index < -0.39 is 17.8 Å². The van der Waals surface area contributed by atoms with Crippen LogP contribution in [0.25, 0.3) is 0 Å². The van der Waals surface area contributed by atoms with Crippen molar-refractivity contribution in [1.29, 1.82) is 0 Å². The summed E-state index contributed by atoms with van der Waals surface area (Å²) in [6.07, 6.45) is -0.923. The van der Waals surface area contributed by atoms with Crippen LogP contribution in [0.5, 0.6) is 0 Å². The van der Waals surface area contributed by atoms with Crippen LogP contribution in [0.1, 0.15) is 42.1 Å². The van der Waals surface area contributed by atoms with Crippen LogP contribution in [0.3, 0.4) is 0 Å². The van der Waals surface area contributed by atoms with Crippen molar-refractivity contribution in [3.8, 4) is 0 Å². The van der Waals surface area contributed by atoms with E-state index in [0.717, 1.165) is 62.0 Å². The van der Waals surface area contributed by atoms with E-state index in [1.807, 2.05) is 12.1 Å². The zero-order valence-electron chi connectivity index (χ0n) is 15.6. The molecule has 2 nitrogen and oxygen atoms in total. The number of rotatable bonds is 6. The first-order valence-electron chi connectivity index (χ1n) is 9.63. The lowest BCUT2D eigenvalue weighted by Gasteiger charge is -2.34. The summed E-state index contributed by atoms with van der Waals surface area (Å²) in [7, 11) is 0. The Labute approximate surface area is 168 Å². The van der Waals surface area contributed by atoms with Crippen molar-refractivity contribution >= 4 is 11.6 Å². The van der Waals surface area contributed by atoms with Crippen LogP contribution < -0.4 is 0 Å². The predicted octanol–water partition coefficient (Wildman–Crippen LogP) is 5.74. The molecule has 0 unspecified atom stereocenters. The molecule has 0 spiro atoms. The standard InChI is InChI=1S/C22H25ClF3NO/c23-20-11-7-18(8-12-20)21(28)15-27-13-1-2-17(14-27)4-3-16-5-9-19(10-6-16)22(24,25)26/h5-12,17,21,28H,1-4,13-15H2/t17-,21-/m0/s1. The van der Waals surface area contributed by atoms with Gasteiger partial charge in [-0.25, -0.2) is 0 Å². The van der Waals surface area contributed by atoms with Crippen LogP contribution in [0, 0.1) is 5.92 Å². The van der Waals surface area contributed by atoms with Crippen molar-refractivity contribution < 1.29 is 18.3 Å². The molecule has 0 saturated carbocycles. The molecule has 1 saturated heterocycles. The van der Waals surface area contributed by atoms with Gasteiger partial charge in [-0.3, -0.25) is 0 Å². The zero-order valence-corrected chi connectivity index (χ0v) is 16.4. The molecule has 2 atom stereocenters. The first-order chi connectivity index (χ1) is 13.3. The van der Waals surface area contributed by atoms with Crippen molar-refractivity contribution in [1.82, 2.24) is 4.90 Å². The Morgan fingerprint density at radius 3 is 2.39 bits per heavy atom. The fraction of sp³-hybridized carbons (Fsp3) is 0.455. The average molecular weight is 412 g/mol. The van der Waals surface area contributed by atoms with Gasteiger partial charge in [0.2, 0.25) is 0 Å². The van der Waals surface area contributed by atoms with Crippen LogP contribution in [-0.4, -0.2) is 29.6 Å². The van der Waals surface area contributed by atoms with Crippen LogP contribution >= 0.6 is 11.6 Å². The van der Waals surface area contributed by atoms with Crippen LogP contribution in [0.2, 0.25) is 5.02 Å². The lowest BCUT2D eigenvalue weighted by Crippen LogP contribution is -2.38. The summed E-state index contributed by atoms with van der Waals surface area (Å²) in [4.78, 5) is 2.28. The maximum absolute atomic E-state index is 12.7. The minimum absolute atomic E-state index is 0.494. The highest BCUT2D eigenvalue weighted by atomic mass is 35.5. The average Bonchev–Trinajstić information content (AvgIpc) is 2.67. The number of aliphatic hydroxyl groups excluding tert-OH is 1. The van der Waals surface area contributed by atoms with Gasteiger partial charge >= 0.3 is 6.18 Å². The summed E-state index contributed by atoms with van der Waals surface area (Å²) in [6.45, 7) is 2.45. The Balaban J connectivity index is 1.48. The number of likely N-dealkylation sites (tertiary alicyclic amines) is 1. The molecule has 152 valence electrons. The van der Waals surface area contributed by atoms with Gasteiger partial charge in [-0.15, -0.1) is 0 Å². The second kappa shape index (κ2) is 9.29. The zero-order chi connectivity index (χ0) is 20.1. The molecular formula is C22H25ClF3NO. The maximum Gasteiger partial charge on any atom is 0.416 e. The van der Waals surface area contributed by atoms with E-state index in [4.69, 9.17) is 11.6 Å². The molecule has 2 aromatic rings. The molecule has 0 aromatic heterocycles. The predicted molar refractivity (Wildman–Crippen MR) is 105 cm³/mol. The number of benzene rings is 2. The van der Waals surface area contributed by atoms with Gasteiger partial charge < -0.3 is 10.0 Å². The largest absolute Gasteiger partial charge is 0.416 e. The van der Waals surface area contributed by atoms with Gasteiger partial charge in [-0.2, -0.15) is 13.2 Å². The summed E-state index contributed by atoms with van der Waals surface area (Å²) in [5.41, 5.74) is 1.19. The molecule has 0 amide bonds. The Kier molecular flexibility index (Phi) is 7.02. The number of piperidine rings is 1. The van der Waals surface area contributed by atoms with Crippen LogP contribution in [0.4, 0.5) is 13.2 Å². The van der Waals surface area contributed by atoms with Gasteiger partial charge in [0, 0.05) is 18.1 Å². The number of hydrogen-bond donors (Lipinski definition) is 1. The summed E-state index contributed by atoms with van der Waals surface area (Å²) in [5.74, 6) is 0.494. The SMILES string of the molecule is O[C@@H](CN1CCC[C@@H](CCc2ccc(C(F)(F)F)cc2)C1)c1ccc(Cl)cc1. The number of β-amino-alcohol motifs (C(OH)–C–C–N with tert-alkyl or cyclic N) is 1. The molecule has 1 fully saturated rings. The Hall–Kier alpha value is -1.56. The van der Waals surface area contributed by atoms with Gasteiger partial charge in [0.1, 0.15) is 0 Å². The molecule has 6 heteroatoms. The Morgan fingerprint density at radius 1 is 1.07 bits per heavy atom. The normalized spacial score (nSPS) is 19.5. The van der Waals surface area contributed by atoms with Gasteiger partial charge in [0.05, 0.1) is 11.7 Å². The minimum Gasteiger partial charge on any atom is -0.387 e.